The van der Waals surface area contributed by atoms with Gasteiger partial charge in [0.2, 0.25) is 6.79 Å². The maximum atomic E-state index is 12.2. The van der Waals surface area contributed by atoms with Crippen LogP contribution < -0.4 is 0 Å². The molecule has 2 aromatic rings. The molecule has 0 spiro atoms. The smallest absolute Gasteiger partial charge is 0.421 e. The van der Waals surface area contributed by atoms with Crippen LogP contribution in [0.15, 0.2) is 30.5 Å². The fraction of sp³-hybridized carbons (Fsp3) is 0.500. The molecule has 0 aliphatic carbocycles. The predicted molar refractivity (Wildman–Crippen MR) is 114 cm³/mol. The largest absolute Gasteiger partial charge is 0.426 e. The minimum absolute atomic E-state index is 0.207. The number of benzene rings is 1. The fourth-order valence-electron chi connectivity index (χ4n) is 2.67. The van der Waals surface area contributed by atoms with Crippen molar-refractivity contribution in [3.63, 3.8) is 0 Å². The van der Waals surface area contributed by atoms with Crippen LogP contribution in [0, 0.1) is 0 Å². The Bertz CT molecular complexity index is 849. The van der Waals surface area contributed by atoms with E-state index in [1.165, 1.54) is 10.8 Å². The third kappa shape index (κ3) is 8.75. The summed E-state index contributed by atoms with van der Waals surface area (Å²) in [5, 5.41) is 0.625. The lowest BCUT2D eigenvalue weighted by molar-refractivity contribution is -0.157. The van der Waals surface area contributed by atoms with Crippen molar-refractivity contribution in [2.24, 2.45) is 0 Å². The molecule has 0 bridgehead atoms. The number of esters is 1. The molecule has 176 valence electrons. The van der Waals surface area contributed by atoms with Gasteiger partial charge in [-0.3, -0.25) is 9.36 Å². The summed E-state index contributed by atoms with van der Waals surface area (Å²) in [5.74, 6) is -0.681. The molecule has 0 amide bonds. The Hall–Kier alpha value is -2.79. The van der Waals surface area contributed by atoms with Gasteiger partial charge in [-0.1, -0.05) is 25.1 Å². The van der Waals surface area contributed by atoms with Crippen LogP contribution in [0.25, 0.3) is 10.9 Å². The summed E-state index contributed by atoms with van der Waals surface area (Å²) in [6, 6.07) is 6.90. The molecule has 1 heterocycles. The molecular weight excluding hydrogens is 422 g/mol. The molecule has 0 saturated heterocycles. The molecule has 0 atom stereocenters. The average Bonchev–Trinajstić information content (AvgIpc) is 3.19. The summed E-state index contributed by atoms with van der Waals surface area (Å²) < 4.78 is 32.0. The maximum absolute atomic E-state index is 12.2. The van der Waals surface area contributed by atoms with Crippen LogP contribution in [-0.2, 0) is 33.2 Å². The topological polar surface area (TPSA) is 112 Å². The van der Waals surface area contributed by atoms with Gasteiger partial charge >= 0.3 is 12.1 Å². The van der Waals surface area contributed by atoms with Gasteiger partial charge in [0, 0.05) is 23.8 Å². The van der Waals surface area contributed by atoms with Crippen molar-refractivity contribution in [3.8, 4) is 0 Å². The van der Waals surface area contributed by atoms with Gasteiger partial charge in [-0.25, -0.2) is 9.59 Å². The van der Waals surface area contributed by atoms with E-state index < -0.39 is 18.9 Å². The molecule has 0 N–H and O–H groups in total. The lowest BCUT2D eigenvalue weighted by atomic mass is 10.2. The van der Waals surface area contributed by atoms with Crippen LogP contribution in [0.5, 0.6) is 0 Å². The summed E-state index contributed by atoms with van der Waals surface area (Å²) in [7, 11) is 0. The highest BCUT2D eigenvalue weighted by molar-refractivity contribution is 6.01. The third-order valence-corrected chi connectivity index (χ3v) is 4.15. The van der Waals surface area contributed by atoms with Crippen LogP contribution in [0.2, 0.25) is 0 Å². The minimum atomic E-state index is -0.768. The van der Waals surface area contributed by atoms with Gasteiger partial charge in [-0.2, -0.15) is 0 Å². The molecule has 1 aromatic carbocycles. The van der Waals surface area contributed by atoms with E-state index in [4.69, 9.17) is 28.4 Å². The molecule has 0 radical (unpaired) electrons. The summed E-state index contributed by atoms with van der Waals surface area (Å²) in [6.45, 7) is 4.37. The fourth-order valence-corrected chi connectivity index (χ4v) is 2.67. The Kier molecular flexibility index (Phi) is 12.0. The lowest BCUT2D eigenvalue weighted by Crippen LogP contribution is -2.20. The van der Waals surface area contributed by atoms with Crippen molar-refractivity contribution in [1.82, 2.24) is 4.57 Å². The quantitative estimate of drug-likeness (QED) is 0.164. The van der Waals surface area contributed by atoms with E-state index in [1.807, 2.05) is 6.92 Å². The normalized spacial score (nSPS) is 10.9. The van der Waals surface area contributed by atoms with Gasteiger partial charge in [0.1, 0.15) is 6.61 Å². The number of carbonyl (C=O) groups is 3. The number of ether oxygens (including phenoxy) is 6. The standard InChI is InChI=1S/C22H29NO9/c1-2-7-27-8-9-28-10-11-29-12-13-30-16-21(25)31-17-32-22(26)23-14-18(15-24)19-5-3-4-6-20(19)23/h3-6,14-15H,2,7-13,16-17H2,1H3. The van der Waals surface area contributed by atoms with E-state index in [9.17, 15) is 14.4 Å². The Labute approximate surface area is 186 Å². The second-order valence-electron chi connectivity index (χ2n) is 6.52. The van der Waals surface area contributed by atoms with E-state index in [-0.39, 0.29) is 13.2 Å². The van der Waals surface area contributed by atoms with Gasteiger partial charge in [0.15, 0.2) is 6.29 Å². The van der Waals surface area contributed by atoms with Gasteiger partial charge in [-0.05, 0) is 12.5 Å². The molecular formula is C22H29NO9. The SMILES string of the molecule is CCCOCCOCCOCCOCC(=O)OCOC(=O)n1cc(C=O)c2ccccc21. The van der Waals surface area contributed by atoms with Gasteiger partial charge in [0.05, 0.1) is 45.2 Å². The monoisotopic (exact) mass is 451 g/mol. The van der Waals surface area contributed by atoms with Gasteiger partial charge < -0.3 is 28.4 Å². The number of hydrogen-bond acceptors (Lipinski definition) is 9. The zero-order chi connectivity index (χ0) is 23.0. The molecule has 10 heteroatoms. The number of nitrogens with zero attached hydrogens (tertiary/aromatic N) is 1. The first-order valence-electron chi connectivity index (χ1n) is 10.4. The highest BCUT2D eigenvalue weighted by Gasteiger charge is 2.14. The minimum Gasteiger partial charge on any atom is -0.426 e. The third-order valence-electron chi connectivity index (χ3n) is 4.15. The average molecular weight is 451 g/mol. The zero-order valence-corrected chi connectivity index (χ0v) is 18.2. The van der Waals surface area contributed by atoms with Gasteiger partial charge in [0.25, 0.3) is 0 Å². The number of hydrogen-bond donors (Lipinski definition) is 0. The van der Waals surface area contributed by atoms with Crippen molar-refractivity contribution in [2.45, 2.75) is 13.3 Å². The first-order valence-corrected chi connectivity index (χ1v) is 10.4. The Balaban J connectivity index is 1.51. The second kappa shape index (κ2) is 15.1. The summed E-state index contributed by atoms with van der Waals surface area (Å²) in [4.78, 5) is 35.0. The highest BCUT2D eigenvalue weighted by atomic mass is 16.7. The summed E-state index contributed by atoms with van der Waals surface area (Å²) in [5.41, 5.74) is 0.877. The molecule has 0 saturated carbocycles. The van der Waals surface area contributed by atoms with Crippen LogP contribution in [0.1, 0.15) is 23.7 Å². The number of aromatic nitrogens is 1. The zero-order valence-electron chi connectivity index (χ0n) is 18.2. The lowest BCUT2D eigenvalue weighted by Gasteiger charge is -2.08. The van der Waals surface area contributed by atoms with Crippen LogP contribution >= 0.6 is 0 Å². The molecule has 10 nitrogen and oxygen atoms in total. The summed E-state index contributed by atoms with van der Waals surface area (Å²) in [6.07, 6.45) is 2.24. The molecule has 0 aliphatic rings. The maximum Gasteiger partial charge on any atom is 0.421 e. The van der Waals surface area contributed by atoms with Crippen LogP contribution in [0.3, 0.4) is 0 Å². The number of para-hydroxylation sites is 1. The summed E-state index contributed by atoms with van der Waals surface area (Å²) >= 11 is 0. The molecule has 1 aromatic heterocycles. The van der Waals surface area contributed by atoms with Crippen LogP contribution in [-0.4, -0.2) is 82.6 Å². The first kappa shape index (κ1) is 25.5. The Morgan fingerprint density at radius 2 is 1.50 bits per heavy atom. The highest BCUT2D eigenvalue weighted by Crippen LogP contribution is 2.20. The predicted octanol–water partition coefficient (Wildman–Crippen LogP) is 2.42. The van der Waals surface area contributed by atoms with Crippen molar-refractivity contribution in [3.05, 3.63) is 36.0 Å². The molecule has 0 fully saturated rings. The molecule has 2 rings (SSSR count). The van der Waals surface area contributed by atoms with E-state index in [0.29, 0.717) is 55.8 Å². The van der Waals surface area contributed by atoms with Crippen molar-refractivity contribution in [1.29, 1.82) is 0 Å². The number of aldehydes is 1. The van der Waals surface area contributed by atoms with E-state index in [2.05, 4.69) is 0 Å². The molecule has 32 heavy (non-hydrogen) atoms. The number of rotatable bonds is 16. The van der Waals surface area contributed by atoms with Crippen LogP contribution in [0.4, 0.5) is 4.79 Å². The van der Waals surface area contributed by atoms with Gasteiger partial charge in [-0.15, -0.1) is 0 Å². The number of carbonyl (C=O) groups excluding carboxylic acids is 3. The Morgan fingerprint density at radius 3 is 2.16 bits per heavy atom. The van der Waals surface area contributed by atoms with Crippen molar-refractivity contribution < 1.29 is 42.8 Å². The second-order valence-corrected chi connectivity index (χ2v) is 6.52. The van der Waals surface area contributed by atoms with E-state index in [1.54, 1.807) is 24.3 Å². The Morgan fingerprint density at radius 1 is 0.875 bits per heavy atom. The number of fused-ring (bicyclic) bond motifs is 1. The van der Waals surface area contributed by atoms with Crippen molar-refractivity contribution >= 4 is 29.3 Å². The first-order chi connectivity index (χ1) is 15.7. The van der Waals surface area contributed by atoms with Crippen molar-refractivity contribution in [2.75, 3.05) is 59.6 Å². The van der Waals surface area contributed by atoms with E-state index >= 15 is 0 Å². The van der Waals surface area contributed by atoms with E-state index in [0.717, 1.165) is 13.0 Å². The molecule has 0 aliphatic heterocycles. The molecule has 0 unspecified atom stereocenters.